The minimum atomic E-state index is -4.36. The van der Waals surface area contributed by atoms with Crippen molar-refractivity contribution in [3.63, 3.8) is 0 Å². The largest absolute Gasteiger partial charge is 0.416 e. The maximum Gasteiger partial charge on any atom is 0.416 e. The Balaban J connectivity index is 2.13. The van der Waals surface area contributed by atoms with Crippen LogP contribution < -0.4 is 0 Å². The Morgan fingerprint density at radius 3 is 2.67 bits per heavy atom. The summed E-state index contributed by atoms with van der Waals surface area (Å²) in [6.07, 6.45) is -4.11. The summed E-state index contributed by atoms with van der Waals surface area (Å²) in [6.45, 7) is 0.558. The SMILES string of the molecule is O=C1CC(Cl)CN1Cc1cccc(C(F)(F)F)c1. The van der Waals surface area contributed by atoms with E-state index in [0.29, 0.717) is 12.1 Å². The fourth-order valence-corrected chi connectivity index (χ4v) is 2.24. The van der Waals surface area contributed by atoms with Crippen LogP contribution in [-0.2, 0) is 17.5 Å². The molecule has 2 rings (SSSR count). The van der Waals surface area contributed by atoms with Gasteiger partial charge in [-0.15, -0.1) is 11.6 Å². The van der Waals surface area contributed by atoms with Crippen LogP contribution in [0.15, 0.2) is 24.3 Å². The molecule has 0 saturated carbocycles. The lowest BCUT2D eigenvalue weighted by Gasteiger charge is -2.16. The first-order valence-corrected chi connectivity index (χ1v) is 5.88. The number of carbonyl (C=O) groups is 1. The molecule has 98 valence electrons. The van der Waals surface area contributed by atoms with Gasteiger partial charge in [-0.25, -0.2) is 0 Å². The smallest absolute Gasteiger partial charge is 0.337 e. The van der Waals surface area contributed by atoms with E-state index in [0.717, 1.165) is 12.1 Å². The molecule has 1 saturated heterocycles. The molecule has 0 spiro atoms. The second-order valence-corrected chi connectivity index (χ2v) is 4.89. The van der Waals surface area contributed by atoms with Gasteiger partial charge in [0.05, 0.1) is 10.9 Å². The van der Waals surface area contributed by atoms with Crippen molar-refractivity contribution in [1.82, 2.24) is 4.90 Å². The molecule has 0 aliphatic carbocycles. The van der Waals surface area contributed by atoms with Crippen molar-refractivity contribution in [1.29, 1.82) is 0 Å². The lowest BCUT2D eigenvalue weighted by molar-refractivity contribution is -0.137. The third-order valence-electron chi connectivity index (χ3n) is 2.80. The van der Waals surface area contributed by atoms with E-state index in [9.17, 15) is 18.0 Å². The average molecular weight is 278 g/mol. The molecule has 1 unspecified atom stereocenters. The van der Waals surface area contributed by atoms with Gasteiger partial charge in [-0.2, -0.15) is 13.2 Å². The maximum atomic E-state index is 12.5. The van der Waals surface area contributed by atoms with E-state index in [2.05, 4.69) is 0 Å². The summed E-state index contributed by atoms with van der Waals surface area (Å²) < 4.78 is 37.6. The van der Waals surface area contributed by atoms with Crippen molar-refractivity contribution in [2.24, 2.45) is 0 Å². The Hall–Kier alpha value is -1.23. The first-order valence-electron chi connectivity index (χ1n) is 5.44. The molecule has 1 aliphatic rings. The van der Waals surface area contributed by atoms with Gasteiger partial charge in [0.1, 0.15) is 0 Å². The fraction of sp³-hybridized carbons (Fsp3) is 0.417. The predicted octanol–water partition coefficient (Wildman–Crippen LogP) is 3.05. The van der Waals surface area contributed by atoms with Gasteiger partial charge in [0.25, 0.3) is 0 Å². The van der Waals surface area contributed by atoms with Crippen LogP contribution in [0, 0.1) is 0 Å². The number of likely N-dealkylation sites (tertiary alicyclic amines) is 1. The van der Waals surface area contributed by atoms with Gasteiger partial charge >= 0.3 is 6.18 Å². The standard InChI is InChI=1S/C12H11ClF3NO/c13-10-5-11(18)17(7-10)6-8-2-1-3-9(4-8)12(14,15)16/h1-4,10H,5-7H2. The molecule has 18 heavy (non-hydrogen) atoms. The van der Waals surface area contributed by atoms with E-state index in [4.69, 9.17) is 11.6 Å². The monoisotopic (exact) mass is 277 g/mol. The highest BCUT2D eigenvalue weighted by Gasteiger charge is 2.31. The van der Waals surface area contributed by atoms with Crippen LogP contribution >= 0.6 is 11.6 Å². The van der Waals surface area contributed by atoms with E-state index in [-0.39, 0.29) is 24.2 Å². The van der Waals surface area contributed by atoms with Gasteiger partial charge in [-0.3, -0.25) is 4.79 Å². The van der Waals surface area contributed by atoms with Crippen LogP contribution in [0.2, 0.25) is 0 Å². The van der Waals surface area contributed by atoms with E-state index < -0.39 is 11.7 Å². The lowest BCUT2D eigenvalue weighted by Crippen LogP contribution is -2.24. The highest BCUT2D eigenvalue weighted by Crippen LogP contribution is 2.30. The Bertz CT molecular complexity index is 461. The third-order valence-corrected chi connectivity index (χ3v) is 3.09. The van der Waals surface area contributed by atoms with Crippen molar-refractivity contribution in [3.05, 3.63) is 35.4 Å². The number of carbonyl (C=O) groups excluding carboxylic acids is 1. The Kier molecular flexibility index (Phi) is 3.52. The summed E-state index contributed by atoms with van der Waals surface area (Å²) in [5, 5.41) is -0.247. The van der Waals surface area contributed by atoms with E-state index in [1.807, 2.05) is 0 Å². The summed E-state index contributed by atoms with van der Waals surface area (Å²) >= 11 is 5.83. The molecule has 2 nitrogen and oxygen atoms in total. The zero-order valence-corrected chi connectivity index (χ0v) is 10.1. The van der Waals surface area contributed by atoms with Crippen LogP contribution in [0.5, 0.6) is 0 Å². The number of hydrogen-bond acceptors (Lipinski definition) is 1. The summed E-state index contributed by atoms with van der Waals surface area (Å²) in [7, 11) is 0. The van der Waals surface area contributed by atoms with Gasteiger partial charge in [-0.1, -0.05) is 12.1 Å². The van der Waals surface area contributed by atoms with Crippen molar-refractivity contribution in [2.45, 2.75) is 24.5 Å². The predicted molar refractivity (Wildman–Crippen MR) is 61.1 cm³/mol. The molecular weight excluding hydrogens is 267 g/mol. The molecule has 1 aromatic carbocycles. The van der Waals surface area contributed by atoms with Gasteiger partial charge in [0.15, 0.2) is 0 Å². The Labute approximate surface area is 107 Å². The van der Waals surface area contributed by atoms with Crippen LogP contribution in [0.1, 0.15) is 17.5 Å². The van der Waals surface area contributed by atoms with Crippen LogP contribution in [-0.4, -0.2) is 22.7 Å². The Morgan fingerprint density at radius 2 is 2.11 bits per heavy atom. The number of alkyl halides is 4. The number of halogens is 4. The van der Waals surface area contributed by atoms with Gasteiger partial charge < -0.3 is 4.90 Å². The third kappa shape index (κ3) is 2.96. The summed E-state index contributed by atoms with van der Waals surface area (Å²) in [4.78, 5) is 13.0. The zero-order valence-electron chi connectivity index (χ0n) is 9.38. The minimum Gasteiger partial charge on any atom is -0.337 e. The molecule has 0 aromatic heterocycles. The molecule has 1 atom stereocenters. The second kappa shape index (κ2) is 4.80. The number of benzene rings is 1. The summed E-state index contributed by atoms with van der Waals surface area (Å²) in [6, 6.07) is 5.00. The zero-order chi connectivity index (χ0) is 13.3. The number of amides is 1. The van der Waals surface area contributed by atoms with Crippen LogP contribution in [0.4, 0.5) is 13.2 Å². The average Bonchev–Trinajstić information content (AvgIpc) is 2.56. The quantitative estimate of drug-likeness (QED) is 0.761. The minimum absolute atomic E-state index is 0.118. The molecule has 0 bridgehead atoms. The van der Waals surface area contributed by atoms with Crippen molar-refractivity contribution in [2.75, 3.05) is 6.54 Å². The molecule has 1 aromatic rings. The maximum absolute atomic E-state index is 12.5. The highest BCUT2D eigenvalue weighted by atomic mass is 35.5. The highest BCUT2D eigenvalue weighted by molar-refractivity contribution is 6.22. The van der Waals surface area contributed by atoms with Crippen molar-refractivity contribution < 1.29 is 18.0 Å². The number of hydrogen-bond donors (Lipinski definition) is 0. The van der Waals surface area contributed by atoms with E-state index in [1.54, 1.807) is 6.07 Å². The molecule has 1 heterocycles. The molecule has 6 heteroatoms. The normalized spacial score (nSPS) is 20.6. The number of rotatable bonds is 2. The molecule has 0 radical (unpaired) electrons. The van der Waals surface area contributed by atoms with Gasteiger partial charge in [0.2, 0.25) is 5.91 Å². The summed E-state index contributed by atoms with van der Waals surface area (Å²) in [5.74, 6) is -0.118. The first-order chi connectivity index (χ1) is 8.36. The van der Waals surface area contributed by atoms with Gasteiger partial charge in [0, 0.05) is 19.5 Å². The Morgan fingerprint density at radius 1 is 1.39 bits per heavy atom. The number of nitrogens with zero attached hydrogens (tertiary/aromatic N) is 1. The molecule has 0 N–H and O–H groups in total. The van der Waals surface area contributed by atoms with E-state index in [1.165, 1.54) is 11.0 Å². The topological polar surface area (TPSA) is 20.3 Å². The second-order valence-electron chi connectivity index (χ2n) is 4.27. The van der Waals surface area contributed by atoms with Crippen LogP contribution in [0.25, 0.3) is 0 Å². The summed E-state index contributed by atoms with van der Waals surface area (Å²) in [5.41, 5.74) is -0.238. The molecule has 1 amide bonds. The molecular formula is C12H11ClF3NO. The first kappa shape index (κ1) is 13.2. The lowest BCUT2D eigenvalue weighted by atomic mass is 10.1. The van der Waals surface area contributed by atoms with E-state index >= 15 is 0 Å². The fourth-order valence-electron chi connectivity index (χ4n) is 1.94. The van der Waals surface area contributed by atoms with Crippen LogP contribution in [0.3, 0.4) is 0 Å². The molecule has 1 aliphatic heterocycles. The molecule has 1 fully saturated rings. The van der Waals surface area contributed by atoms with Crippen molar-refractivity contribution >= 4 is 17.5 Å². The van der Waals surface area contributed by atoms with Crippen molar-refractivity contribution in [3.8, 4) is 0 Å². The van der Waals surface area contributed by atoms with Gasteiger partial charge in [-0.05, 0) is 17.7 Å².